The minimum absolute atomic E-state index is 0.0281. The number of halogens is 1. The molecule has 126 valence electrons. The quantitative estimate of drug-likeness (QED) is 0.876. The first kappa shape index (κ1) is 18.0. The third kappa shape index (κ3) is 5.10. The molecular formula is C19H21ClN2O2. The van der Waals surface area contributed by atoms with Crippen molar-refractivity contribution < 1.29 is 9.59 Å². The van der Waals surface area contributed by atoms with Gasteiger partial charge in [-0.1, -0.05) is 41.9 Å². The minimum Gasteiger partial charge on any atom is -0.355 e. The molecule has 0 unspecified atom stereocenters. The molecule has 0 fully saturated rings. The lowest BCUT2D eigenvalue weighted by molar-refractivity contribution is -0.120. The summed E-state index contributed by atoms with van der Waals surface area (Å²) in [5.74, 6) is -0.0942. The molecule has 5 heteroatoms. The highest BCUT2D eigenvalue weighted by Gasteiger charge is 2.09. The van der Waals surface area contributed by atoms with Crippen LogP contribution in [0.4, 0.5) is 0 Å². The van der Waals surface area contributed by atoms with Gasteiger partial charge in [0.05, 0.1) is 6.42 Å². The van der Waals surface area contributed by atoms with Crippen molar-refractivity contribution in [2.45, 2.75) is 12.8 Å². The fourth-order valence-electron chi connectivity index (χ4n) is 2.34. The average Bonchev–Trinajstić information content (AvgIpc) is 2.56. The predicted molar refractivity (Wildman–Crippen MR) is 96.3 cm³/mol. The molecule has 24 heavy (non-hydrogen) atoms. The topological polar surface area (TPSA) is 49.4 Å². The van der Waals surface area contributed by atoms with Crippen LogP contribution in [0.3, 0.4) is 0 Å². The molecule has 0 radical (unpaired) electrons. The number of hydrogen-bond donors (Lipinski definition) is 1. The van der Waals surface area contributed by atoms with Gasteiger partial charge >= 0.3 is 0 Å². The smallest absolute Gasteiger partial charge is 0.253 e. The van der Waals surface area contributed by atoms with Crippen molar-refractivity contribution in [2.24, 2.45) is 0 Å². The minimum atomic E-state index is -0.0661. The van der Waals surface area contributed by atoms with Gasteiger partial charge in [0.2, 0.25) is 5.91 Å². The van der Waals surface area contributed by atoms with Gasteiger partial charge in [-0.05, 0) is 35.7 Å². The summed E-state index contributed by atoms with van der Waals surface area (Å²) < 4.78 is 0. The Kier molecular flexibility index (Phi) is 6.38. The molecule has 4 nitrogen and oxygen atoms in total. The number of nitrogens with one attached hydrogen (secondary N) is 1. The number of benzene rings is 2. The van der Waals surface area contributed by atoms with Crippen molar-refractivity contribution in [2.75, 3.05) is 20.6 Å². The zero-order chi connectivity index (χ0) is 17.5. The van der Waals surface area contributed by atoms with E-state index in [-0.39, 0.29) is 18.2 Å². The Labute approximate surface area is 147 Å². The van der Waals surface area contributed by atoms with Crippen molar-refractivity contribution in [3.63, 3.8) is 0 Å². The van der Waals surface area contributed by atoms with Crippen LogP contribution >= 0.6 is 11.6 Å². The summed E-state index contributed by atoms with van der Waals surface area (Å²) in [5.41, 5.74) is 2.48. The van der Waals surface area contributed by atoms with E-state index in [4.69, 9.17) is 11.6 Å². The predicted octanol–water partition coefficient (Wildman–Crippen LogP) is 2.94. The van der Waals surface area contributed by atoms with Gasteiger partial charge in [-0.25, -0.2) is 0 Å². The molecule has 0 spiro atoms. The number of hydrogen-bond acceptors (Lipinski definition) is 2. The molecule has 0 bridgehead atoms. The third-order valence-corrected chi connectivity index (χ3v) is 3.99. The van der Waals surface area contributed by atoms with E-state index in [0.717, 1.165) is 11.1 Å². The molecule has 0 saturated carbocycles. The fraction of sp³-hybridized carbons (Fsp3) is 0.263. The number of carbonyl (C=O) groups is 2. The van der Waals surface area contributed by atoms with Gasteiger partial charge in [-0.3, -0.25) is 9.59 Å². The summed E-state index contributed by atoms with van der Waals surface area (Å²) in [4.78, 5) is 25.5. The Balaban J connectivity index is 1.86. The maximum Gasteiger partial charge on any atom is 0.253 e. The van der Waals surface area contributed by atoms with Crippen LogP contribution in [0, 0.1) is 0 Å². The van der Waals surface area contributed by atoms with Crippen molar-refractivity contribution in [3.05, 3.63) is 70.2 Å². The SMILES string of the molecule is CN(C)C(=O)c1cccc(CCNC(=O)Cc2ccccc2Cl)c1. The van der Waals surface area contributed by atoms with E-state index in [2.05, 4.69) is 5.32 Å². The summed E-state index contributed by atoms with van der Waals surface area (Å²) >= 11 is 6.05. The molecular weight excluding hydrogens is 324 g/mol. The van der Waals surface area contributed by atoms with Crippen molar-refractivity contribution in [3.8, 4) is 0 Å². The van der Waals surface area contributed by atoms with Gasteiger partial charge in [-0.2, -0.15) is 0 Å². The van der Waals surface area contributed by atoms with Crippen LogP contribution in [-0.2, 0) is 17.6 Å². The molecule has 0 saturated heterocycles. The summed E-state index contributed by atoms with van der Waals surface area (Å²) in [6.45, 7) is 0.517. The molecule has 0 aliphatic rings. The Hall–Kier alpha value is -2.33. The largest absolute Gasteiger partial charge is 0.355 e. The lowest BCUT2D eigenvalue weighted by Gasteiger charge is -2.11. The normalized spacial score (nSPS) is 10.3. The highest BCUT2D eigenvalue weighted by atomic mass is 35.5. The van der Waals surface area contributed by atoms with Crippen LogP contribution in [0.2, 0.25) is 5.02 Å². The first-order valence-corrected chi connectivity index (χ1v) is 8.16. The molecule has 0 aliphatic heterocycles. The maximum atomic E-state index is 12.0. The van der Waals surface area contributed by atoms with Crippen molar-refractivity contribution >= 4 is 23.4 Å². The molecule has 2 aromatic rings. The zero-order valence-electron chi connectivity index (χ0n) is 13.9. The van der Waals surface area contributed by atoms with Crippen molar-refractivity contribution in [1.29, 1.82) is 0 Å². The van der Waals surface area contributed by atoms with E-state index < -0.39 is 0 Å². The Morgan fingerprint density at radius 3 is 2.54 bits per heavy atom. The molecule has 0 atom stereocenters. The zero-order valence-corrected chi connectivity index (χ0v) is 14.6. The molecule has 0 heterocycles. The maximum absolute atomic E-state index is 12.0. The van der Waals surface area contributed by atoms with E-state index in [1.165, 1.54) is 0 Å². The first-order chi connectivity index (χ1) is 11.5. The van der Waals surface area contributed by atoms with Gasteiger partial charge in [-0.15, -0.1) is 0 Å². The van der Waals surface area contributed by atoms with E-state index in [1.807, 2.05) is 36.4 Å². The van der Waals surface area contributed by atoms with E-state index in [0.29, 0.717) is 23.6 Å². The van der Waals surface area contributed by atoms with Crippen LogP contribution in [0.25, 0.3) is 0 Å². The lowest BCUT2D eigenvalue weighted by atomic mass is 10.1. The molecule has 2 amide bonds. The number of rotatable bonds is 6. The lowest BCUT2D eigenvalue weighted by Crippen LogP contribution is -2.27. The summed E-state index contributed by atoms with van der Waals surface area (Å²) in [5, 5.41) is 3.48. The Morgan fingerprint density at radius 2 is 1.83 bits per heavy atom. The summed E-state index contributed by atoms with van der Waals surface area (Å²) in [7, 11) is 3.45. The highest BCUT2D eigenvalue weighted by molar-refractivity contribution is 6.31. The van der Waals surface area contributed by atoms with E-state index in [9.17, 15) is 9.59 Å². The number of carbonyl (C=O) groups excluding carboxylic acids is 2. The molecule has 0 aromatic heterocycles. The fourth-order valence-corrected chi connectivity index (χ4v) is 2.54. The standard InChI is InChI=1S/C19H21ClN2O2/c1-22(2)19(24)16-8-5-6-14(12-16)10-11-21-18(23)13-15-7-3-4-9-17(15)20/h3-9,12H,10-11,13H2,1-2H3,(H,21,23). The number of amides is 2. The monoisotopic (exact) mass is 344 g/mol. The number of nitrogens with zero attached hydrogens (tertiary/aromatic N) is 1. The molecule has 2 aromatic carbocycles. The molecule has 2 rings (SSSR count). The van der Waals surface area contributed by atoms with Crippen molar-refractivity contribution in [1.82, 2.24) is 10.2 Å². The van der Waals surface area contributed by atoms with Crippen LogP contribution < -0.4 is 5.32 Å². The van der Waals surface area contributed by atoms with Crippen LogP contribution in [0.15, 0.2) is 48.5 Å². The van der Waals surface area contributed by atoms with Gasteiger partial charge < -0.3 is 10.2 Å². The Morgan fingerprint density at radius 1 is 1.08 bits per heavy atom. The third-order valence-electron chi connectivity index (χ3n) is 3.62. The second kappa shape index (κ2) is 8.50. The average molecular weight is 345 g/mol. The second-order valence-electron chi connectivity index (χ2n) is 5.77. The Bertz CT molecular complexity index is 729. The first-order valence-electron chi connectivity index (χ1n) is 7.78. The second-order valence-corrected chi connectivity index (χ2v) is 6.18. The van der Waals surface area contributed by atoms with Crippen LogP contribution in [0.1, 0.15) is 21.5 Å². The van der Waals surface area contributed by atoms with Gasteiger partial charge in [0, 0.05) is 31.2 Å². The van der Waals surface area contributed by atoms with E-state index >= 15 is 0 Å². The summed E-state index contributed by atoms with van der Waals surface area (Å²) in [6.07, 6.45) is 0.932. The van der Waals surface area contributed by atoms with E-state index in [1.54, 1.807) is 31.1 Å². The molecule has 1 N–H and O–H groups in total. The van der Waals surface area contributed by atoms with Gasteiger partial charge in [0.1, 0.15) is 0 Å². The molecule has 0 aliphatic carbocycles. The van der Waals surface area contributed by atoms with Crippen LogP contribution in [0.5, 0.6) is 0 Å². The highest BCUT2D eigenvalue weighted by Crippen LogP contribution is 2.15. The van der Waals surface area contributed by atoms with Crippen LogP contribution in [-0.4, -0.2) is 37.4 Å². The summed E-state index contributed by atoms with van der Waals surface area (Å²) in [6, 6.07) is 14.8. The van der Waals surface area contributed by atoms with Gasteiger partial charge in [0.25, 0.3) is 5.91 Å². The van der Waals surface area contributed by atoms with Gasteiger partial charge in [0.15, 0.2) is 0 Å².